The molecule has 0 spiro atoms. The quantitative estimate of drug-likeness (QED) is 0.660. The number of carboxylic acids is 1. The number of thiazole rings is 1. The van der Waals surface area contributed by atoms with Gasteiger partial charge < -0.3 is 10.0 Å². The van der Waals surface area contributed by atoms with E-state index in [2.05, 4.69) is 10.3 Å². The number of urea groups is 1. The maximum atomic E-state index is 13.1. The zero-order chi connectivity index (χ0) is 20.9. The number of hydrogen-bond donors (Lipinski definition) is 2. The van der Waals surface area contributed by atoms with Crippen molar-refractivity contribution in [3.63, 3.8) is 0 Å². The van der Waals surface area contributed by atoms with Crippen molar-refractivity contribution in [3.8, 4) is 0 Å². The predicted octanol–water partition coefficient (Wildman–Crippen LogP) is 3.89. The van der Waals surface area contributed by atoms with Gasteiger partial charge in [-0.05, 0) is 25.7 Å². The predicted molar refractivity (Wildman–Crippen MR) is 111 cm³/mol. The molecule has 0 bridgehead atoms. The number of amides is 2. The molecule has 0 atom stereocenters. The standard InChI is InChI=1S/C19H29N3O5S2/c23-16(24)11-12-29(26,27)17-13-20-18(28-17)21-19(25)22(14-7-3-1-4-8-14)15-9-5-2-6-10-15/h13-15H,1-12H2,(H,23,24)(H,20,21,25). The average Bonchev–Trinajstić information content (AvgIpc) is 3.18. The number of rotatable bonds is 7. The Bertz CT molecular complexity index is 794. The fraction of sp³-hybridized carbons (Fsp3) is 0.737. The van der Waals surface area contributed by atoms with Crippen molar-refractivity contribution in [1.82, 2.24) is 9.88 Å². The van der Waals surface area contributed by atoms with Crippen molar-refractivity contribution < 1.29 is 23.1 Å². The Morgan fingerprint density at radius 1 is 1.07 bits per heavy atom. The molecular formula is C19H29N3O5S2. The number of aliphatic carboxylic acids is 1. The second-order valence-corrected chi connectivity index (χ2v) is 11.2. The van der Waals surface area contributed by atoms with Gasteiger partial charge in [-0.1, -0.05) is 49.9 Å². The van der Waals surface area contributed by atoms with Crippen LogP contribution in [0.5, 0.6) is 0 Å². The number of anilines is 1. The van der Waals surface area contributed by atoms with E-state index < -0.39 is 28.0 Å². The van der Waals surface area contributed by atoms with Gasteiger partial charge >= 0.3 is 12.0 Å². The minimum absolute atomic E-state index is 0.0177. The molecule has 1 aromatic rings. The van der Waals surface area contributed by atoms with E-state index in [4.69, 9.17) is 5.11 Å². The highest BCUT2D eigenvalue weighted by Crippen LogP contribution is 2.31. The molecule has 0 aliphatic heterocycles. The number of sulfone groups is 1. The van der Waals surface area contributed by atoms with Crippen LogP contribution in [0.1, 0.15) is 70.6 Å². The van der Waals surface area contributed by atoms with Crippen LogP contribution in [0.25, 0.3) is 0 Å². The van der Waals surface area contributed by atoms with Gasteiger partial charge in [0.1, 0.15) is 4.21 Å². The van der Waals surface area contributed by atoms with Crippen LogP contribution in [0.15, 0.2) is 10.4 Å². The van der Waals surface area contributed by atoms with Crippen LogP contribution in [0, 0.1) is 0 Å². The molecule has 2 N–H and O–H groups in total. The highest BCUT2D eigenvalue weighted by molar-refractivity contribution is 7.93. The van der Waals surface area contributed by atoms with Crippen molar-refractivity contribution in [1.29, 1.82) is 0 Å². The maximum absolute atomic E-state index is 13.1. The van der Waals surface area contributed by atoms with Crippen molar-refractivity contribution in [2.24, 2.45) is 0 Å². The molecule has 162 valence electrons. The zero-order valence-electron chi connectivity index (χ0n) is 16.5. The Morgan fingerprint density at radius 2 is 1.62 bits per heavy atom. The Kier molecular flexibility index (Phi) is 7.50. The average molecular weight is 444 g/mol. The zero-order valence-corrected chi connectivity index (χ0v) is 18.1. The SMILES string of the molecule is O=C(O)CCS(=O)(=O)c1cnc(NC(=O)N(C2CCCCC2)C2CCCCC2)s1. The summed E-state index contributed by atoms with van der Waals surface area (Å²) in [5.74, 6) is -1.64. The monoisotopic (exact) mass is 443 g/mol. The summed E-state index contributed by atoms with van der Waals surface area (Å²) >= 11 is 0.880. The number of carbonyl (C=O) groups excluding carboxylic acids is 1. The first-order valence-electron chi connectivity index (χ1n) is 10.4. The lowest BCUT2D eigenvalue weighted by molar-refractivity contribution is -0.136. The van der Waals surface area contributed by atoms with Crippen LogP contribution in [0.2, 0.25) is 0 Å². The molecule has 0 unspecified atom stereocenters. The Balaban J connectivity index is 1.70. The molecular weight excluding hydrogens is 414 g/mol. The van der Waals surface area contributed by atoms with Crippen molar-refractivity contribution >= 4 is 38.3 Å². The van der Waals surface area contributed by atoms with E-state index in [-0.39, 0.29) is 27.5 Å². The van der Waals surface area contributed by atoms with E-state index in [0.29, 0.717) is 0 Å². The lowest BCUT2D eigenvalue weighted by Gasteiger charge is -2.41. The van der Waals surface area contributed by atoms with E-state index in [1.54, 1.807) is 0 Å². The fourth-order valence-corrected chi connectivity index (χ4v) is 6.68. The summed E-state index contributed by atoms with van der Waals surface area (Å²) in [7, 11) is -3.72. The van der Waals surface area contributed by atoms with Gasteiger partial charge in [0.05, 0.1) is 18.4 Å². The summed E-state index contributed by atoms with van der Waals surface area (Å²) in [6.45, 7) is 0. The van der Waals surface area contributed by atoms with Crippen LogP contribution in [-0.4, -0.2) is 53.2 Å². The highest BCUT2D eigenvalue weighted by atomic mass is 32.2. The summed E-state index contributed by atoms with van der Waals surface area (Å²) in [5, 5.41) is 11.8. The van der Waals surface area contributed by atoms with Crippen LogP contribution in [0.4, 0.5) is 9.93 Å². The largest absolute Gasteiger partial charge is 0.481 e. The summed E-state index contributed by atoms with van der Waals surface area (Å²) < 4.78 is 24.5. The minimum Gasteiger partial charge on any atom is -0.481 e. The molecule has 2 aliphatic carbocycles. The van der Waals surface area contributed by atoms with E-state index in [1.807, 2.05) is 4.90 Å². The molecule has 2 amide bonds. The van der Waals surface area contributed by atoms with Gasteiger partial charge in [0.25, 0.3) is 0 Å². The normalized spacial score (nSPS) is 19.0. The van der Waals surface area contributed by atoms with E-state index in [1.165, 1.54) is 19.0 Å². The molecule has 0 radical (unpaired) electrons. The molecule has 1 heterocycles. The van der Waals surface area contributed by atoms with Crippen molar-refractivity contribution in [2.45, 2.75) is 86.9 Å². The number of hydrogen-bond acceptors (Lipinski definition) is 6. The van der Waals surface area contributed by atoms with Crippen LogP contribution in [-0.2, 0) is 14.6 Å². The Hall–Kier alpha value is -1.68. The third kappa shape index (κ3) is 5.91. The summed E-state index contributed by atoms with van der Waals surface area (Å²) in [6, 6.07) is 0.254. The number of carbonyl (C=O) groups is 2. The highest BCUT2D eigenvalue weighted by Gasteiger charge is 2.33. The first-order valence-corrected chi connectivity index (χ1v) is 12.8. The number of nitrogens with zero attached hydrogens (tertiary/aromatic N) is 2. The van der Waals surface area contributed by atoms with Gasteiger partial charge in [0.15, 0.2) is 15.0 Å². The van der Waals surface area contributed by atoms with Gasteiger partial charge in [-0.2, -0.15) is 0 Å². The third-order valence-electron chi connectivity index (χ3n) is 5.76. The first-order chi connectivity index (χ1) is 13.9. The van der Waals surface area contributed by atoms with E-state index in [0.717, 1.165) is 62.7 Å². The summed E-state index contributed by atoms with van der Waals surface area (Å²) in [5.41, 5.74) is 0. The smallest absolute Gasteiger partial charge is 0.324 e. The molecule has 0 aromatic carbocycles. The molecule has 2 aliphatic rings. The third-order valence-corrected chi connectivity index (χ3v) is 8.94. The van der Waals surface area contributed by atoms with Crippen molar-refractivity contribution in [2.75, 3.05) is 11.1 Å². The number of nitrogens with one attached hydrogen (secondary N) is 1. The molecule has 3 rings (SSSR count). The Labute approximate surface area is 175 Å². The molecule has 1 aromatic heterocycles. The van der Waals surface area contributed by atoms with Gasteiger partial charge in [0, 0.05) is 12.1 Å². The summed E-state index contributed by atoms with van der Waals surface area (Å²) in [4.78, 5) is 29.9. The number of aromatic nitrogens is 1. The van der Waals surface area contributed by atoms with E-state index in [9.17, 15) is 18.0 Å². The minimum atomic E-state index is -3.72. The van der Waals surface area contributed by atoms with Gasteiger partial charge in [0.2, 0.25) is 0 Å². The molecule has 2 saturated carbocycles. The molecule has 10 heteroatoms. The lowest BCUT2D eigenvalue weighted by Crippen LogP contribution is -2.50. The summed E-state index contributed by atoms with van der Waals surface area (Å²) in [6.07, 6.45) is 11.7. The van der Waals surface area contributed by atoms with Crippen LogP contribution >= 0.6 is 11.3 Å². The fourth-order valence-electron chi connectivity index (χ4n) is 4.29. The van der Waals surface area contributed by atoms with Gasteiger partial charge in [-0.15, -0.1) is 0 Å². The molecule has 0 saturated heterocycles. The molecule has 8 nitrogen and oxygen atoms in total. The van der Waals surface area contributed by atoms with Gasteiger partial charge in [-0.25, -0.2) is 18.2 Å². The first kappa shape index (κ1) is 22.0. The topological polar surface area (TPSA) is 117 Å². The second-order valence-electron chi connectivity index (χ2n) is 7.87. The van der Waals surface area contributed by atoms with Crippen LogP contribution in [0.3, 0.4) is 0 Å². The van der Waals surface area contributed by atoms with Crippen molar-refractivity contribution in [3.05, 3.63) is 6.20 Å². The van der Waals surface area contributed by atoms with E-state index >= 15 is 0 Å². The molecule has 2 fully saturated rings. The molecule has 29 heavy (non-hydrogen) atoms. The number of carboxylic acid groups (broad SMARTS) is 1. The lowest BCUT2D eigenvalue weighted by atomic mass is 9.89. The second kappa shape index (κ2) is 9.88. The van der Waals surface area contributed by atoms with Gasteiger partial charge in [-0.3, -0.25) is 10.1 Å². The maximum Gasteiger partial charge on any atom is 0.324 e. The van der Waals surface area contributed by atoms with Crippen LogP contribution < -0.4 is 5.32 Å². The Morgan fingerprint density at radius 3 is 2.14 bits per heavy atom.